The number of ether oxygens (including phenoxy) is 3. The second-order valence-electron chi connectivity index (χ2n) is 8.50. The van der Waals surface area contributed by atoms with Crippen LogP contribution in [0.15, 0.2) is 30.5 Å². The van der Waals surface area contributed by atoms with Crippen molar-refractivity contribution in [3.63, 3.8) is 0 Å². The van der Waals surface area contributed by atoms with Gasteiger partial charge < -0.3 is 14.2 Å². The molecule has 2 fully saturated rings. The first-order valence-electron chi connectivity index (χ1n) is 11.6. The van der Waals surface area contributed by atoms with Gasteiger partial charge in [0.2, 0.25) is 5.88 Å². The van der Waals surface area contributed by atoms with Gasteiger partial charge in [-0.05, 0) is 62.6 Å². The molecule has 1 saturated carbocycles. The van der Waals surface area contributed by atoms with Crippen LogP contribution in [0, 0.1) is 0 Å². The van der Waals surface area contributed by atoms with Crippen LogP contribution in [0.4, 0.5) is 0 Å². The Morgan fingerprint density at radius 3 is 2.75 bits per heavy atom. The average Bonchev–Trinajstić information content (AvgIpc) is 3.27. The summed E-state index contributed by atoms with van der Waals surface area (Å²) in [7, 11) is 1.53. The third kappa shape index (κ3) is 3.75. The minimum atomic E-state index is -0.429. The Kier molecular flexibility index (Phi) is 5.83. The zero-order valence-corrected chi connectivity index (χ0v) is 18.7. The molecule has 32 heavy (non-hydrogen) atoms. The summed E-state index contributed by atoms with van der Waals surface area (Å²) in [4.78, 5) is 17.3. The zero-order chi connectivity index (χ0) is 22.1. The Morgan fingerprint density at radius 2 is 2.06 bits per heavy atom. The Bertz CT molecular complexity index is 1130. The van der Waals surface area contributed by atoms with Crippen molar-refractivity contribution in [3.05, 3.63) is 41.6 Å². The molecule has 1 atom stereocenters. The number of esters is 1. The number of benzene rings is 1. The number of aromatic nitrogens is 3. The van der Waals surface area contributed by atoms with E-state index in [1.807, 2.05) is 29.1 Å². The molecule has 1 aromatic carbocycles. The molecule has 0 radical (unpaired) electrons. The van der Waals surface area contributed by atoms with Crippen LogP contribution < -0.4 is 4.74 Å². The second kappa shape index (κ2) is 8.90. The summed E-state index contributed by atoms with van der Waals surface area (Å²) < 4.78 is 18.6. The average molecular weight is 436 g/mol. The van der Waals surface area contributed by atoms with Crippen LogP contribution in [-0.4, -0.2) is 41.1 Å². The molecule has 5 rings (SSSR count). The molecule has 1 aliphatic heterocycles. The van der Waals surface area contributed by atoms with Crippen LogP contribution in [0.25, 0.3) is 22.2 Å². The highest BCUT2D eigenvalue weighted by molar-refractivity contribution is 6.01. The van der Waals surface area contributed by atoms with Crippen LogP contribution in [0.1, 0.15) is 73.5 Å². The van der Waals surface area contributed by atoms with Gasteiger partial charge in [-0.1, -0.05) is 18.6 Å². The molecule has 2 aliphatic rings. The van der Waals surface area contributed by atoms with Crippen molar-refractivity contribution < 1.29 is 19.0 Å². The van der Waals surface area contributed by atoms with Gasteiger partial charge in [0.25, 0.3) is 0 Å². The van der Waals surface area contributed by atoms with Gasteiger partial charge >= 0.3 is 5.97 Å². The minimum absolute atomic E-state index is 0.0162. The zero-order valence-electron chi connectivity index (χ0n) is 18.7. The first kappa shape index (κ1) is 20.9. The van der Waals surface area contributed by atoms with E-state index in [1.165, 1.54) is 31.9 Å². The Hall–Kier alpha value is -2.93. The topological polar surface area (TPSA) is 75.5 Å². The van der Waals surface area contributed by atoms with Crippen molar-refractivity contribution in [3.8, 4) is 17.1 Å². The van der Waals surface area contributed by atoms with Crippen molar-refractivity contribution in [2.24, 2.45) is 0 Å². The van der Waals surface area contributed by atoms with Crippen molar-refractivity contribution in [2.75, 3.05) is 20.3 Å². The number of pyridine rings is 1. The molecule has 0 amide bonds. The monoisotopic (exact) mass is 435 g/mol. The molecule has 0 spiro atoms. The number of nitrogens with zero attached hydrogens (tertiary/aromatic N) is 3. The van der Waals surface area contributed by atoms with E-state index in [1.54, 1.807) is 6.92 Å². The fraction of sp³-hybridized carbons (Fsp3) is 0.480. The molecule has 0 N–H and O–H groups in total. The fourth-order valence-corrected chi connectivity index (χ4v) is 4.64. The summed E-state index contributed by atoms with van der Waals surface area (Å²) in [6.07, 6.45) is 8.79. The Labute approximate surface area is 187 Å². The molecule has 2 aromatic heterocycles. The van der Waals surface area contributed by atoms with E-state index in [9.17, 15) is 4.79 Å². The van der Waals surface area contributed by atoms with E-state index in [-0.39, 0.29) is 12.1 Å². The molecule has 7 nitrogen and oxygen atoms in total. The van der Waals surface area contributed by atoms with Gasteiger partial charge in [-0.25, -0.2) is 14.5 Å². The summed E-state index contributed by atoms with van der Waals surface area (Å²) in [5, 5.41) is 5.79. The maximum absolute atomic E-state index is 12.5. The van der Waals surface area contributed by atoms with Gasteiger partial charge in [0.05, 0.1) is 24.9 Å². The number of fused-ring (bicyclic) bond motifs is 1. The van der Waals surface area contributed by atoms with Crippen LogP contribution in [0.2, 0.25) is 0 Å². The second-order valence-corrected chi connectivity index (χ2v) is 8.50. The van der Waals surface area contributed by atoms with Gasteiger partial charge in [-0.3, -0.25) is 0 Å². The first-order chi connectivity index (χ1) is 15.7. The third-order valence-corrected chi connectivity index (χ3v) is 6.53. The molecule has 0 bridgehead atoms. The molecule has 7 heteroatoms. The Balaban J connectivity index is 1.65. The standard InChI is InChI=1S/C25H29N3O4/c1-3-31-25(29)19-15-17-10-11-18(16-7-6-8-16)22(23(17)26-24(19)30-2)20-12-13-28(27-20)21-9-4-5-14-32-21/h10-13,15-16,21H,3-9,14H2,1-2H3. The number of hydrogen-bond donors (Lipinski definition) is 0. The maximum Gasteiger partial charge on any atom is 0.343 e. The van der Waals surface area contributed by atoms with Crippen molar-refractivity contribution in [2.45, 2.75) is 57.6 Å². The molecule has 168 valence electrons. The summed E-state index contributed by atoms with van der Waals surface area (Å²) in [6.45, 7) is 2.86. The predicted octanol–water partition coefficient (Wildman–Crippen LogP) is 5.25. The van der Waals surface area contributed by atoms with Gasteiger partial charge in [0, 0.05) is 23.8 Å². The lowest BCUT2D eigenvalue weighted by Crippen LogP contribution is -2.18. The lowest BCUT2D eigenvalue weighted by molar-refractivity contribution is -0.0393. The van der Waals surface area contributed by atoms with E-state index in [0.29, 0.717) is 18.1 Å². The number of methoxy groups -OCH3 is 1. The fourth-order valence-electron chi connectivity index (χ4n) is 4.64. The van der Waals surface area contributed by atoms with Gasteiger partial charge in [0.1, 0.15) is 11.8 Å². The smallest absolute Gasteiger partial charge is 0.343 e. The molecular formula is C25H29N3O4. The predicted molar refractivity (Wildman–Crippen MR) is 121 cm³/mol. The third-order valence-electron chi connectivity index (χ3n) is 6.53. The maximum atomic E-state index is 12.5. The summed E-state index contributed by atoms with van der Waals surface area (Å²) in [6, 6.07) is 8.07. The summed E-state index contributed by atoms with van der Waals surface area (Å²) in [5.74, 6) is 0.350. The molecule has 1 aliphatic carbocycles. The minimum Gasteiger partial charge on any atom is -0.480 e. The normalized spacial score (nSPS) is 19.0. The highest BCUT2D eigenvalue weighted by atomic mass is 16.5. The van der Waals surface area contributed by atoms with Crippen LogP contribution in [-0.2, 0) is 9.47 Å². The van der Waals surface area contributed by atoms with Gasteiger partial charge in [-0.2, -0.15) is 5.10 Å². The number of carbonyl (C=O) groups is 1. The van der Waals surface area contributed by atoms with E-state index < -0.39 is 5.97 Å². The SMILES string of the molecule is CCOC(=O)c1cc2ccc(C3CCC3)c(-c3ccn(C4CCCCO4)n3)c2nc1OC. The van der Waals surface area contributed by atoms with E-state index in [0.717, 1.165) is 48.0 Å². The number of carbonyl (C=O) groups excluding carboxylic acids is 1. The molecule has 3 aromatic rings. The Morgan fingerprint density at radius 1 is 1.19 bits per heavy atom. The van der Waals surface area contributed by atoms with Gasteiger partial charge in [-0.15, -0.1) is 0 Å². The van der Waals surface area contributed by atoms with Crippen LogP contribution >= 0.6 is 0 Å². The quantitative estimate of drug-likeness (QED) is 0.492. The highest BCUT2D eigenvalue weighted by Gasteiger charge is 2.27. The largest absolute Gasteiger partial charge is 0.480 e. The van der Waals surface area contributed by atoms with Crippen LogP contribution in [0.5, 0.6) is 5.88 Å². The van der Waals surface area contributed by atoms with E-state index >= 15 is 0 Å². The molecule has 1 saturated heterocycles. The number of hydrogen-bond acceptors (Lipinski definition) is 6. The molecular weight excluding hydrogens is 406 g/mol. The van der Waals surface area contributed by atoms with Crippen LogP contribution in [0.3, 0.4) is 0 Å². The van der Waals surface area contributed by atoms with Crippen molar-refractivity contribution in [1.82, 2.24) is 14.8 Å². The lowest BCUT2D eigenvalue weighted by Gasteiger charge is -2.28. The summed E-state index contributed by atoms with van der Waals surface area (Å²) in [5.41, 5.74) is 4.30. The lowest BCUT2D eigenvalue weighted by atomic mass is 9.77. The molecule has 1 unspecified atom stereocenters. The first-order valence-corrected chi connectivity index (χ1v) is 11.6. The number of rotatable bonds is 6. The van der Waals surface area contributed by atoms with Crippen molar-refractivity contribution >= 4 is 16.9 Å². The highest BCUT2D eigenvalue weighted by Crippen LogP contribution is 2.44. The summed E-state index contributed by atoms with van der Waals surface area (Å²) >= 11 is 0. The van der Waals surface area contributed by atoms with E-state index in [4.69, 9.17) is 24.3 Å². The molecule has 3 heterocycles. The van der Waals surface area contributed by atoms with E-state index in [2.05, 4.69) is 6.07 Å². The van der Waals surface area contributed by atoms with Crippen molar-refractivity contribution in [1.29, 1.82) is 0 Å². The van der Waals surface area contributed by atoms with Gasteiger partial charge in [0.15, 0.2) is 0 Å².